The van der Waals surface area contributed by atoms with Crippen molar-refractivity contribution in [3.63, 3.8) is 0 Å². The highest BCUT2D eigenvalue weighted by molar-refractivity contribution is 6.32. The molecule has 3 aromatic heterocycles. The van der Waals surface area contributed by atoms with Gasteiger partial charge in [-0.15, -0.1) is 5.10 Å². The molecule has 2 aliphatic rings. The van der Waals surface area contributed by atoms with Crippen LogP contribution in [0.1, 0.15) is 6.42 Å². The monoisotopic (exact) mass is 448 g/mol. The second kappa shape index (κ2) is 7.32. The van der Waals surface area contributed by atoms with Gasteiger partial charge < -0.3 is 20.3 Å². The number of ether oxygens (including phenoxy) is 1. The number of hydrogen-bond acceptors (Lipinski definition) is 8. The van der Waals surface area contributed by atoms with E-state index >= 15 is 0 Å². The normalized spacial score (nSPS) is 16.6. The summed E-state index contributed by atoms with van der Waals surface area (Å²) in [7, 11) is 1.83. The van der Waals surface area contributed by atoms with Gasteiger partial charge in [0.15, 0.2) is 5.82 Å². The van der Waals surface area contributed by atoms with Gasteiger partial charge in [-0.05, 0) is 43.3 Å². The SMILES string of the molecule is Cn1ccc(Oc2ccc(Nc3ncnc4ccc(N5CC6(CCN6)C5)nc34)cc2Cl)n1. The van der Waals surface area contributed by atoms with Crippen molar-refractivity contribution in [2.45, 2.75) is 12.0 Å². The van der Waals surface area contributed by atoms with Crippen molar-refractivity contribution in [1.82, 2.24) is 30.0 Å². The van der Waals surface area contributed by atoms with Gasteiger partial charge in [-0.3, -0.25) is 4.68 Å². The number of nitrogens with one attached hydrogen (secondary N) is 2. The van der Waals surface area contributed by atoms with E-state index in [1.807, 2.05) is 31.4 Å². The van der Waals surface area contributed by atoms with Crippen molar-refractivity contribution in [2.24, 2.45) is 7.05 Å². The first kappa shape index (κ1) is 19.3. The summed E-state index contributed by atoms with van der Waals surface area (Å²) in [4.78, 5) is 15.9. The standard InChI is InChI=1S/C22H21ClN8O/c1-30-9-6-19(29-30)32-17-4-2-14(10-15(17)23)27-21-20-16(24-13-25-21)3-5-18(28-20)31-11-22(12-31)7-8-26-22/h2-6,9-10,13,26H,7-8,11-12H2,1H3,(H,24,25,27). The van der Waals surface area contributed by atoms with Gasteiger partial charge in [0.25, 0.3) is 0 Å². The van der Waals surface area contributed by atoms with Gasteiger partial charge in [-0.1, -0.05) is 11.6 Å². The first-order valence-electron chi connectivity index (χ1n) is 10.4. The third-order valence-corrected chi connectivity index (χ3v) is 6.28. The van der Waals surface area contributed by atoms with E-state index in [0.29, 0.717) is 28.0 Å². The summed E-state index contributed by atoms with van der Waals surface area (Å²) in [6, 6.07) is 11.3. The maximum atomic E-state index is 6.45. The van der Waals surface area contributed by atoms with Crippen molar-refractivity contribution in [3.8, 4) is 11.6 Å². The van der Waals surface area contributed by atoms with Crippen molar-refractivity contribution in [3.05, 3.63) is 53.9 Å². The minimum atomic E-state index is 0.292. The zero-order chi connectivity index (χ0) is 21.7. The molecule has 2 aliphatic heterocycles. The van der Waals surface area contributed by atoms with Crippen molar-refractivity contribution < 1.29 is 4.74 Å². The van der Waals surface area contributed by atoms with Crippen LogP contribution >= 0.6 is 11.6 Å². The number of hydrogen-bond donors (Lipinski definition) is 2. The number of anilines is 3. The third kappa shape index (κ3) is 3.39. The Kier molecular flexibility index (Phi) is 4.41. The van der Waals surface area contributed by atoms with Gasteiger partial charge in [0.2, 0.25) is 5.88 Å². The Labute approximate surface area is 189 Å². The first-order chi connectivity index (χ1) is 15.6. The Morgan fingerprint density at radius 1 is 1.16 bits per heavy atom. The number of nitrogens with zero attached hydrogens (tertiary/aromatic N) is 6. The number of halogens is 1. The van der Waals surface area contributed by atoms with E-state index in [1.54, 1.807) is 22.9 Å². The van der Waals surface area contributed by atoms with Crippen LogP contribution in [0.25, 0.3) is 11.0 Å². The van der Waals surface area contributed by atoms with E-state index in [-0.39, 0.29) is 0 Å². The van der Waals surface area contributed by atoms with Crippen LogP contribution in [-0.2, 0) is 7.05 Å². The predicted octanol–water partition coefficient (Wildman–Crippen LogP) is 3.50. The third-order valence-electron chi connectivity index (χ3n) is 5.98. The van der Waals surface area contributed by atoms with E-state index in [9.17, 15) is 0 Å². The number of rotatable bonds is 5. The van der Waals surface area contributed by atoms with Crippen molar-refractivity contribution >= 4 is 40.0 Å². The fourth-order valence-electron chi connectivity index (χ4n) is 4.15. The lowest BCUT2D eigenvalue weighted by molar-refractivity contribution is 0.159. The lowest BCUT2D eigenvalue weighted by Crippen LogP contribution is -2.76. The molecule has 5 heterocycles. The molecule has 2 fully saturated rings. The summed E-state index contributed by atoms with van der Waals surface area (Å²) in [5, 5.41) is 11.5. The first-order valence-corrected chi connectivity index (χ1v) is 10.8. The molecule has 2 saturated heterocycles. The van der Waals surface area contributed by atoms with Crippen molar-refractivity contribution in [2.75, 3.05) is 29.9 Å². The second-order valence-electron chi connectivity index (χ2n) is 8.27. The minimum absolute atomic E-state index is 0.292. The van der Waals surface area contributed by atoms with Crippen LogP contribution in [0.4, 0.5) is 17.3 Å². The molecule has 2 N–H and O–H groups in total. The fraction of sp³-hybridized carbons (Fsp3) is 0.273. The molecule has 10 heteroatoms. The van der Waals surface area contributed by atoms with Gasteiger partial charge in [0.05, 0.1) is 16.1 Å². The lowest BCUT2D eigenvalue weighted by Gasteiger charge is -2.56. The molecule has 0 saturated carbocycles. The number of pyridine rings is 1. The smallest absolute Gasteiger partial charge is 0.238 e. The Balaban J connectivity index is 1.24. The molecule has 0 unspecified atom stereocenters. The van der Waals surface area contributed by atoms with Gasteiger partial charge in [0, 0.05) is 38.1 Å². The molecule has 32 heavy (non-hydrogen) atoms. The molecule has 0 atom stereocenters. The molecule has 0 aliphatic carbocycles. The van der Waals surface area contributed by atoms with E-state index in [0.717, 1.165) is 42.2 Å². The molecule has 0 radical (unpaired) electrons. The molecule has 0 amide bonds. The summed E-state index contributed by atoms with van der Waals surface area (Å²) in [5.41, 5.74) is 2.57. The summed E-state index contributed by atoms with van der Waals surface area (Å²) >= 11 is 6.45. The fourth-order valence-corrected chi connectivity index (χ4v) is 4.37. The molecule has 4 aromatic rings. The van der Waals surface area contributed by atoms with Crippen LogP contribution in [-0.4, -0.2) is 49.9 Å². The maximum Gasteiger partial charge on any atom is 0.238 e. The Bertz CT molecular complexity index is 1310. The molecular weight excluding hydrogens is 428 g/mol. The summed E-state index contributed by atoms with van der Waals surface area (Å²) in [6.45, 7) is 3.07. The van der Waals surface area contributed by atoms with Crippen LogP contribution in [0.3, 0.4) is 0 Å². The van der Waals surface area contributed by atoms with Crippen LogP contribution in [0, 0.1) is 0 Å². The molecule has 1 spiro atoms. The zero-order valence-corrected chi connectivity index (χ0v) is 18.2. The van der Waals surface area contributed by atoms with E-state index in [2.05, 4.69) is 30.6 Å². The molecule has 1 aromatic carbocycles. The predicted molar refractivity (Wildman–Crippen MR) is 123 cm³/mol. The van der Waals surface area contributed by atoms with E-state index < -0.39 is 0 Å². The van der Waals surface area contributed by atoms with Crippen molar-refractivity contribution in [1.29, 1.82) is 0 Å². The van der Waals surface area contributed by atoms with Gasteiger partial charge in [-0.2, -0.15) is 0 Å². The average Bonchev–Trinajstić information content (AvgIpc) is 3.13. The highest BCUT2D eigenvalue weighted by Gasteiger charge is 2.47. The van der Waals surface area contributed by atoms with Gasteiger partial charge in [-0.25, -0.2) is 15.0 Å². The quantitative estimate of drug-likeness (QED) is 0.479. The highest BCUT2D eigenvalue weighted by Crippen LogP contribution is 2.35. The number of aromatic nitrogens is 5. The largest absolute Gasteiger partial charge is 0.436 e. The molecule has 9 nitrogen and oxygen atoms in total. The average molecular weight is 449 g/mol. The number of benzene rings is 1. The van der Waals surface area contributed by atoms with Crippen LogP contribution in [0.15, 0.2) is 48.9 Å². The van der Waals surface area contributed by atoms with Crippen LogP contribution in [0.2, 0.25) is 5.02 Å². The lowest BCUT2D eigenvalue weighted by atomic mass is 9.80. The number of aryl methyl sites for hydroxylation is 1. The molecule has 162 valence electrons. The maximum absolute atomic E-state index is 6.45. The summed E-state index contributed by atoms with van der Waals surface area (Å²) in [5.74, 6) is 2.58. The molecule has 0 bridgehead atoms. The zero-order valence-electron chi connectivity index (χ0n) is 17.4. The van der Waals surface area contributed by atoms with Crippen LogP contribution < -0.4 is 20.3 Å². The van der Waals surface area contributed by atoms with E-state index in [1.165, 1.54) is 12.7 Å². The van der Waals surface area contributed by atoms with Crippen LogP contribution in [0.5, 0.6) is 11.6 Å². The second-order valence-corrected chi connectivity index (χ2v) is 8.68. The topological polar surface area (TPSA) is 93.0 Å². The Morgan fingerprint density at radius 3 is 2.75 bits per heavy atom. The highest BCUT2D eigenvalue weighted by atomic mass is 35.5. The minimum Gasteiger partial charge on any atom is -0.436 e. The Morgan fingerprint density at radius 2 is 2.03 bits per heavy atom. The van der Waals surface area contributed by atoms with E-state index in [4.69, 9.17) is 21.3 Å². The Hall–Kier alpha value is -3.43. The summed E-state index contributed by atoms with van der Waals surface area (Å²) < 4.78 is 7.43. The summed E-state index contributed by atoms with van der Waals surface area (Å²) in [6.07, 6.45) is 4.57. The van der Waals surface area contributed by atoms with Gasteiger partial charge in [0.1, 0.15) is 23.4 Å². The van der Waals surface area contributed by atoms with Gasteiger partial charge >= 0.3 is 0 Å². The molecule has 6 rings (SSSR count). The molecular formula is C22H21ClN8O. The number of fused-ring (bicyclic) bond motifs is 1.